The molecule has 0 saturated carbocycles. The summed E-state index contributed by atoms with van der Waals surface area (Å²) in [5.41, 5.74) is 3.36. The smallest absolute Gasteiger partial charge is 0.339 e. The third-order valence-electron chi connectivity index (χ3n) is 5.50. The fourth-order valence-corrected chi connectivity index (χ4v) is 3.16. The lowest BCUT2D eigenvalue weighted by atomic mass is 9.87. The molecule has 2 N–H and O–H groups in total. The normalized spacial score (nSPS) is 11.4. The van der Waals surface area contributed by atoms with Crippen LogP contribution in [-0.4, -0.2) is 33.0 Å². The van der Waals surface area contributed by atoms with Crippen molar-refractivity contribution in [2.24, 2.45) is 0 Å². The molecule has 0 atom stereocenters. The van der Waals surface area contributed by atoms with Gasteiger partial charge < -0.3 is 15.2 Å². The van der Waals surface area contributed by atoms with Gasteiger partial charge >= 0.3 is 5.97 Å². The van der Waals surface area contributed by atoms with Gasteiger partial charge in [0.25, 0.3) is 0 Å². The lowest BCUT2D eigenvalue weighted by Crippen LogP contribution is -2.16. The molecular formula is C23H28N4O3. The van der Waals surface area contributed by atoms with Crippen molar-refractivity contribution < 1.29 is 14.6 Å². The molecule has 0 radical (unpaired) electrons. The highest BCUT2D eigenvalue weighted by molar-refractivity contribution is 5.94. The molecule has 0 aliphatic rings. The van der Waals surface area contributed by atoms with Crippen LogP contribution in [0.3, 0.4) is 0 Å². The fourth-order valence-electron chi connectivity index (χ4n) is 3.16. The van der Waals surface area contributed by atoms with Crippen molar-refractivity contribution >= 4 is 17.6 Å². The summed E-state index contributed by atoms with van der Waals surface area (Å²) in [7, 11) is 1.63. The van der Waals surface area contributed by atoms with Crippen LogP contribution < -0.4 is 10.1 Å². The summed E-state index contributed by atoms with van der Waals surface area (Å²) < 4.78 is 7.27. The molecule has 7 heteroatoms. The van der Waals surface area contributed by atoms with Gasteiger partial charge in [-0.05, 0) is 44.5 Å². The molecule has 0 amide bonds. The Bertz CT molecular complexity index is 1090. The predicted molar refractivity (Wildman–Crippen MR) is 117 cm³/mol. The highest BCUT2D eigenvalue weighted by atomic mass is 16.5. The van der Waals surface area contributed by atoms with Crippen molar-refractivity contribution in [1.29, 1.82) is 0 Å². The molecule has 0 aliphatic heterocycles. The number of benzene rings is 1. The van der Waals surface area contributed by atoms with E-state index < -0.39 is 5.97 Å². The fraction of sp³-hybridized carbons (Fsp3) is 0.348. The average Bonchev–Trinajstić information content (AvgIpc) is 3.12. The molecule has 1 aromatic carbocycles. The number of methoxy groups -OCH3 is 1. The van der Waals surface area contributed by atoms with Crippen molar-refractivity contribution in [3.63, 3.8) is 0 Å². The van der Waals surface area contributed by atoms with Crippen molar-refractivity contribution in [3.05, 3.63) is 58.9 Å². The number of pyridine rings is 1. The number of aromatic carboxylic acids is 1. The van der Waals surface area contributed by atoms with Gasteiger partial charge in [-0.3, -0.25) is 0 Å². The van der Waals surface area contributed by atoms with E-state index in [1.807, 2.05) is 38.1 Å². The maximum absolute atomic E-state index is 11.7. The molecule has 0 spiro atoms. The third-order valence-corrected chi connectivity index (χ3v) is 5.50. The molecule has 158 valence electrons. The number of aromatic nitrogens is 3. The molecule has 0 saturated heterocycles. The number of hydrogen-bond donors (Lipinski definition) is 2. The Hall–Kier alpha value is -3.35. The summed E-state index contributed by atoms with van der Waals surface area (Å²) in [4.78, 5) is 16.1. The number of nitrogens with zero attached hydrogens (tertiary/aromatic N) is 3. The number of aryl methyl sites for hydroxylation is 1. The Kier molecular flexibility index (Phi) is 5.82. The van der Waals surface area contributed by atoms with Crippen LogP contribution in [0.5, 0.6) is 5.75 Å². The van der Waals surface area contributed by atoms with E-state index in [-0.39, 0.29) is 16.8 Å². The number of hydrogen-bond acceptors (Lipinski definition) is 5. The maximum atomic E-state index is 11.7. The van der Waals surface area contributed by atoms with Gasteiger partial charge in [0.1, 0.15) is 22.9 Å². The number of carbonyl (C=O) groups is 1. The monoisotopic (exact) mass is 408 g/mol. The zero-order chi connectivity index (χ0) is 22.1. The van der Waals surface area contributed by atoms with Gasteiger partial charge in [-0.1, -0.05) is 26.8 Å². The molecule has 0 aliphatic carbocycles. The summed E-state index contributed by atoms with van der Waals surface area (Å²) in [5, 5.41) is 17.7. The third kappa shape index (κ3) is 4.01. The molecule has 2 heterocycles. The van der Waals surface area contributed by atoms with E-state index in [1.165, 1.54) is 0 Å². The molecule has 3 rings (SSSR count). The number of rotatable bonds is 7. The Morgan fingerprint density at radius 1 is 1.23 bits per heavy atom. The van der Waals surface area contributed by atoms with Crippen molar-refractivity contribution in [3.8, 4) is 11.4 Å². The Morgan fingerprint density at radius 3 is 2.60 bits per heavy atom. The zero-order valence-electron chi connectivity index (χ0n) is 18.3. The summed E-state index contributed by atoms with van der Waals surface area (Å²) in [6.07, 6.45) is 0.906. The summed E-state index contributed by atoms with van der Waals surface area (Å²) >= 11 is 0. The quantitative estimate of drug-likeness (QED) is 0.570. The lowest BCUT2D eigenvalue weighted by Gasteiger charge is -2.19. The second kappa shape index (κ2) is 8.18. The molecule has 3 aromatic rings. The van der Waals surface area contributed by atoms with Crippen LogP contribution in [0, 0.1) is 13.8 Å². The van der Waals surface area contributed by atoms with Crippen LogP contribution >= 0.6 is 0 Å². The van der Waals surface area contributed by atoms with Crippen LogP contribution in [0.1, 0.15) is 54.5 Å². The van der Waals surface area contributed by atoms with Gasteiger partial charge in [-0.25, -0.2) is 14.5 Å². The largest absolute Gasteiger partial charge is 0.496 e. The van der Waals surface area contributed by atoms with E-state index in [9.17, 15) is 9.90 Å². The molecule has 2 aromatic heterocycles. The molecular weight excluding hydrogens is 380 g/mol. The van der Waals surface area contributed by atoms with Gasteiger partial charge in [0.2, 0.25) is 0 Å². The second-order valence-electron chi connectivity index (χ2n) is 7.95. The van der Waals surface area contributed by atoms with E-state index in [4.69, 9.17) is 9.84 Å². The highest BCUT2D eigenvalue weighted by Crippen LogP contribution is 2.33. The van der Waals surface area contributed by atoms with Crippen LogP contribution in [-0.2, 0) is 5.41 Å². The van der Waals surface area contributed by atoms with Crippen LogP contribution in [0.25, 0.3) is 5.69 Å². The molecule has 7 nitrogen and oxygen atoms in total. The Balaban J connectivity index is 2.20. The maximum Gasteiger partial charge on any atom is 0.339 e. The van der Waals surface area contributed by atoms with Gasteiger partial charge in [0.15, 0.2) is 0 Å². The standard InChI is InChI=1S/C23H28N4O3/c1-7-23(4,5)19-13-20(25-21-16(22(28)29)12-11-14(2)24-21)27(26-19)17-9-8-10-18(30-6)15(17)3/h8-13H,7H2,1-6H3,(H,24,25)(H,28,29). The molecule has 30 heavy (non-hydrogen) atoms. The highest BCUT2D eigenvalue weighted by Gasteiger charge is 2.25. The van der Waals surface area contributed by atoms with E-state index in [0.29, 0.717) is 5.82 Å². The van der Waals surface area contributed by atoms with Gasteiger partial charge in [0, 0.05) is 22.7 Å². The van der Waals surface area contributed by atoms with Crippen LogP contribution in [0.15, 0.2) is 36.4 Å². The van der Waals surface area contributed by atoms with Crippen LogP contribution in [0.2, 0.25) is 0 Å². The SMILES string of the molecule is CCC(C)(C)c1cc(Nc2nc(C)ccc2C(=O)O)n(-c2cccc(OC)c2C)n1. The predicted octanol–water partition coefficient (Wildman–Crippen LogP) is 5.02. The Labute approximate surface area is 176 Å². The second-order valence-corrected chi connectivity index (χ2v) is 7.95. The minimum absolute atomic E-state index is 0.104. The average molecular weight is 409 g/mol. The summed E-state index contributed by atoms with van der Waals surface area (Å²) in [5.74, 6) is 0.640. The van der Waals surface area contributed by atoms with Crippen molar-refractivity contribution in [2.75, 3.05) is 12.4 Å². The topological polar surface area (TPSA) is 89.3 Å². The number of anilines is 2. The summed E-state index contributed by atoms with van der Waals surface area (Å²) in [6.45, 7) is 10.2. The summed E-state index contributed by atoms with van der Waals surface area (Å²) in [6, 6.07) is 11.0. The number of nitrogens with one attached hydrogen (secondary N) is 1. The number of ether oxygens (including phenoxy) is 1. The minimum Gasteiger partial charge on any atom is -0.496 e. The minimum atomic E-state index is -1.04. The Morgan fingerprint density at radius 2 is 1.97 bits per heavy atom. The first-order valence-corrected chi connectivity index (χ1v) is 9.90. The lowest BCUT2D eigenvalue weighted by molar-refractivity contribution is 0.0697. The molecule has 0 unspecified atom stereocenters. The van der Waals surface area contributed by atoms with E-state index in [1.54, 1.807) is 23.9 Å². The van der Waals surface area contributed by atoms with E-state index in [2.05, 4.69) is 31.1 Å². The number of carboxylic acid groups (broad SMARTS) is 1. The first kappa shape index (κ1) is 21.4. The van der Waals surface area contributed by atoms with Crippen LogP contribution in [0.4, 0.5) is 11.6 Å². The van der Waals surface area contributed by atoms with E-state index in [0.717, 1.165) is 34.8 Å². The van der Waals surface area contributed by atoms with Gasteiger partial charge in [-0.2, -0.15) is 5.10 Å². The van der Waals surface area contributed by atoms with E-state index >= 15 is 0 Å². The number of carboxylic acids is 1. The first-order valence-electron chi connectivity index (χ1n) is 9.90. The van der Waals surface area contributed by atoms with Gasteiger partial charge in [0.05, 0.1) is 18.5 Å². The molecule has 0 fully saturated rings. The van der Waals surface area contributed by atoms with Gasteiger partial charge in [-0.15, -0.1) is 0 Å². The van der Waals surface area contributed by atoms with Crippen molar-refractivity contribution in [1.82, 2.24) is 14.8 Å². The zero-order valence-corrected chi connectivity index (χ0v) is 18.3. The van der Waals surface area contributed by atoms with Crippen molar-refractivity contribution in [2.45, 2.75) is 46.5 Å². The molecule has 0 bridgehead atoms. The first-order chi connectivity index (χ1) is 14.2.